The fourth-order valence-corrected chi connectivity index (χ4v) is 2.67. The van der Waals surface area contributed by atoms with Crippen LogP contribution in [0.25, 0.3) is 0 Å². The Kier molecular flexibility index (Phi) is 7.01. The number of carboxylic acid groups (broad SMARTS) is 1. The van der Waals surface area contributed by atoms with Crippen molar-refractivity contribution < 1.29 is 24.5 Å². The molecule has 1 heterocycles. The van der Waals surface area contributed by atoms with Crippen molar-refractivity contribution in [1.29, 1.82) is 0 Å². The third kappa shape index (κ3) is 6.99. The molecule has 0 spiro atoms. The lowest BCUT2D eigenvalue weighted by atomic mass is 9.87. The van der Waals surface area contributed by atoms with Crippen molar-refractivity contribution in [3.05, 3.63) is 24.3 Å². The molecule has 130 valence electrons. The van der Waals surface area contributed by atoms with Crippen molar-refractivity contribution in [2.45, 2.75) is 64.6 Å². The normalized spacial score (nSPS) is 22.1. The van der Waals surface area contributed by atoms with E-state index < -0.39 is 11.6 Å². The number of hydrogen-bond acceptors (Lipinski definition) is 4. The largest absolute Gasteiger partial charge is 0.481 e. The number of allylic oxidation sites excluding steroid dienone is 1. The Balaban J connectivity index is 2.56. The van der Waals surface area contributed by atoms with Gasteiger partial charge in [-0.3, -0.25) is 9.59 Å². The number of aliphatic hydroxyl groups is 1. The van der Waals surface area contributed by atoms with Crippen molar-refractivity contribution in [1.82, 2.24) is 0 Å². The van der Waals surface area contributed by atoms with Gasteiger partial charge in [0.2, 0.25) is 0 Å². The van der Waals surface area contributed by atoms with Crippen LogP contribution in [-0.2, 0) is 14.3 Å². The summed E-state index contributed by atoms with van der Waals surface area (Å²) in [4.78, 5) is 21.9. The average Bonchev–Trinajstić information content (AvgIpc) is 2.83. The predicted octanol–water partition coefficient (Wildman–Crippen LogP) is 3.08. The summed E-state index contributed by atoms with van der Waals surface area (Å²) in [5.41, 5.74) is -0.427. The third-order valence-corrected chi connectivity index (χ3v) is 4.21. The van der Waals surface area contributed by atoms with E-state index >= 15 is 0 Å². The first-order valence-electron chi connectivity index (χ1n) is 8.11. The molecule has 3 atom stereocenters. The van der Waals surface area contributed by atoms with E-state index in [0.29, 0.717) is 18.8 Å². The number of hydrogen-bond donors (Lipinski definition) is 2. The van der Waals surface area contributed by atoms with Gasteiger partial charge in [-0.1, -0.05) is 32.6 Å². The van der Waals surface area contributed by atoms with Crippen LogP contribution < -0.4 is 0 Å². The second kappa shape index (κ2) is 8.29. The van der Waals surface area contributed by atoms with E-state index in [0.717, 1.165) is 18.4 Å². The predicted molar refractivity (Wildman–Crippen MR) is 87.8 cm³/mol. The summed E-state index contributed by atoms with van der Waals surface area (Å²) >= 11 is 0. The summed E-state index contributed by atoms with van der Waals surface area (Å²) in [6.07, 6.45) is 5.69. The standard InChI is InChI=1S/C18H28O5/c1-12(2)14(9-10-18(4,22)11-16(19)20)6-5-13(3)15-7-8-17(21)23-15/h9-10,12,14-15,22H,3,5-8,11H2,1-2,4H3,(H,19,20). The zero-order valence-electron chi connectivity index (χ0n) is 14.2. The highest BCUT2D eigenvalue weighted by Gasteiger charge is 2.26. The van der Waals surface area contributed by atoms with Gasteiger partial charge in [-0.15, -0.1) is 0 Å². The summed E-state index contributed by atoms with van der Waals surface area (Å²) in [7, 11) is 0. The molecule has 0 saturated carbocycles. The summed E-state index contributed by atoms with van der Waals surface area (Å²) < 4.78 is 5.21. The van der Waals surface area contributed by atoms with Crippen LogP contribution in [-0.4, -0.2) is 33.9 Å². The van der Waals surface area contributed by atoms with E-state index in [4.69, 9.17) is 9.84 Å². The Hall–Kier alpha value is -1.62. The second-order valence-electron chi connectivity index (χ2n) is 6.91. The molecule has 23 heavy (non-hydrogen) atoms. The highest BCUT2D eigenvalue weighted by atomic mass is 16.5. The smallest absolute Gasteiger partial charge is 0.306 e. The van der Waals surface area contributed by atoms with E-state index in [1.165, 1.54) is 6.92 Å². The minimum absolute atomic E-state index is 0.166. The lowest BCUT2D eigenvalue weighted by Gasteiger charge is -2.22. The van der Waals surface area contributed by atoms with Gasteiger partial charge in [-0.2, -0.15) is 0 Å². The molecule has 5 heteroatoms. The monoisotopic (exact) mass is 324 g/mol. The van der Waals surface area contributed by atoms with Crippen LogP contribution in [0.1, 0.15) is 52.9 Å². The van der Waals surface area contributed by atoms with Crippen LogP contribution in [0.15, 0.2) is 24.3 Å². The summed E-state index contributed by atoms with van der Waals surface area (Å²) in [5.74, 6) is -0.645. The van der Waals surface area contributed by atoms with Gasteiger partial charge in [0.25, 0.3) is 0 Å². The molecule has 1 aliphatic rings. The van der Waals surface area contributed by atoms with Crippen LogP contribution in [0.2, 0.25) is 0 Å². The van der Waals surface area contributed by atoms with Crippen LogP contribution >= 0.6 is 0 Å². The molecule has 0 amide bonds. The van der Waals surface area contributed by atoms with Crippen molar-refractivity contribution in [3.8, 4) is 0 Å². The van der Waals surface area contributed by atoms with Gasteiger partial charge < -0.3 is 14.9 Å². The zero-order valence-corrected chi connectivity index (χ0v) is 14.2. The van der Waals surface area contributed by atoms with Crippen molar-refractivity contribution in [3.63, 3.8) is 0 Å². The molecule has 5 nitrogen and oxygen atoms in total. The van der Waals surface area contributed by atoms with Gasteiger partial charge in [0, 0.05) is 6.42 Å². The number of rotatable bonds is 9. The average molecular weight is 324 g/mol. The maximum Gasteiger partial charge on any atom is 0.306 e. The minimum Gasteiger partial charge on any atom is -0.481 e. The fraction of sp³-hybridized carbons (Fsp3) is 0.667. The summed E-state index contributed by atoms with van der Waals surface area (Å²) in [5, 5.41) is 18.8. The molecule has 0 aromatic carbocycles. The number of carboxylic acids is 1. The van der Waals surface area contributed by atoms with E-state index in [2.05, 4.69) is 20.4 Å². The lowest BCUT2D eigenvalue weighted by Crippen LogP contribution is -2.25. The SMILES string of the molecule is C=C(CCC(C=CC(C)(O)CC(=O)O)C(C)C)C1CCC(=O)O1. The molecule has 1 aliphatic heterocycles. The van der Waals surface area contributed by atoms with E-state index in [9.17, 15) is 14.7 Å². The summed E-state index contributed by atoms with van der Waals surface area (Å²) in [6, 6.07) is 0. The van der Waals surface area contributed by atoms with Crippen LogP contribution in [0.3, 0.4) is 0 Å². The molecule has 1 rings (SSSR count). The number of carbonyl (C=O) groups is 2. The van der Waals surface area contributed by atoms with Gasteiger partial charge in [-0.25, -0.2) is 0 Å². The molecule has 0 aromatic rings. The zero-order chi connectivity index (χ0) is 17.6. The molecule has 1 fully saturated rings. The third-order valence-electron chi connectivity index (χ3n) is 4.21. The summed E-state index contributed by atoms with van der Waals surface area (Å²) in [6.45, 7) is 9.68. The highest BCUT2D eigenvalue weighted by molar-refractivity contribution is 5.72. The lowest BCUT2D eigenvalue weighted by molar-refractivity contribution is -0.141. The first kappa shape index (κ1) is 19.4. The number of ether oxygens (including phenoxy) is 1. The molecule has 2 N–H and O–H groups in total. The molecule has 0 aromatic heterocycles. The first-order chi connectivity index (χ1) is 10.6. The maximum atomic E-state index is 11.2. The number of carbonyl (C=O) groups excluding carboxylic acids is 1. The Morgan fingerprint density at radius 3 is 2.65 bits per heavy atom. The van der Waals surface area contributed by atoms with E-state index in [-0.39, 0.29) is 24.4 Å². The number of esters is 1. The molecule has 0 radical (unpaired) electrons. The first-order valence-corrected chi connectivity index (χ1v) is 8.11. The molecule has 0 bridgehead atoms. The Morgan fingerprint density at radius 1 is 1.52 bits per heavy atom. The van der Waals surface area contributed by atoms with Crippen LogP contribution in [0, 0.1) is 11.8 Å². The Labute approximate surface area is 138 Å². The maximum absolute atomic E-state index is 11.2. The van der Waals surface area contributed by atoms with Gasteiger partial charge in [0.1, 0.15) is 6.10 Å². The number of cyclic esters (lactones) is 1. The quantitative estimate of drug-likeness (QED) is 0.503. The molecular formula is C18H28O5. The second-order valence-corrected chi connectivity index (χ2v) is 6.91. The Morgan fingerprint density at radius 2 is 2.17 bits per heavy atom. The van der Waals surface area contributed by atoms with E-state index in [1.54, 1.807) is 6.08 Å². The molecule has 3 unspecified atom stereocenters. The van der Waals surface area contributed by atoms with E-state index in [1.807, 2.05) is 6.08 Å². The van der Waals surface area contributed by atoms with Crippen LogP contribution in [0.4, 0.5) is 0 Å². The van der Waals surface area contributed by atoms with Crippen molar-refractivity contribution >= 4 is 11.9 Å². The Bertz CT molecular complexity index is 476. The highest BCUT2D eigenvalue weighted by Crippen LogP contribution is 2.27. The molecular weight excluding hydrogens is 296 g/mol. The van der Waals surface area contributed by atoms with Gasteiger partial charge in [0.05, 0.1) is 12.0 Å². The minimum atomic E-state index is -1.35. The number of aliphatic carboxylic acids is 1. The fourth-order valence-electron chi connectivity index (χ4n) is 2.67. The van der Waals surface area contributed by atoms with Gasteiger partial charge >= 0.3 is 11.9 Å². The van der Waals surface area contributed by atoms with Crippen molar-refractivity contribution in [2.75, 3.05) is 0 Å². The van der Waals surface area contributed by atoms with Gasteiger partial charge in [0.15, 0.2) is 0 Å². The molecule has 1 saturated heterocycles. The van der Waals surface area contributed by atoms with Crippen molar-refractivity contribution in [2.24, 2.45) is 11.8 Å². The molecule has 0 aliphatic carbocycles. The van der Waals surface area contributed by atoms with Crippen LogP contribution in [0.5, 0.6) is 0 Å². The topological polar surface area (TPSA) is 83.8 Å². The van der Waals surface area contributed by atoms with Gasteiger partial charge in [-0.05, 0) is 43.6 Å².